The minimum Gasteiger partial charge on any atom is -0.296 e. The highest BCUT2D eigenvalue weighted by atomic mass is 32.1. The molecule has 5 nitrogen and oxygen atoms in total. The van der Waals surface area contributed by atoms with E-state index in [4.69, 9.17) is 0 Å². The zero-order chi connectivity index (χ0) is 17.9. The van der Waals surface area contributed by atoms with Crippen molar-refractivity contribution in [1.29, 1.82) is 0 Å². The summed E-state index contributed by atoms with van der Waals surface area (Å²) in [5.74, 6) is -0.571. The fraction of sp³-hybridized carbons (Fsp3) is 0.0556. The number of hydrogen-bond acceptors (Lipinski definition) is 5. The summed E-state index contributed by atoms with van der Waals surface area (Å²) < 4.78 is 13.0. The van der Waals surface area contributed by atoms with Gasteiger partial charge in [-0.15, -0.1) is 22.7 Å². The number of carbonyl (C=O) groups excluding carboxylic acids is 1. The van der Waals surface area contributed by atoms with Crippen LogP contribution in [0.3, 0.4) is 0 Å². The van der Waals surface area contributed by atoms with Gasteiger partial charge in [0.25, 0.3) is 5.91 Å². The van der Waals surface area contributed by atoms with Gasteiger partial charge in [-0.2, -0.15) is 5.10 Å². The summed E-state index contributed by atoms with van der Waals surface area (Å²) in [7, 11) is 0. The van der Waals surface area contributed by atoms with Crippen LogP contribution in [-0.4, -0.2) is 21.1 Å². The summed E-state index contributed by atoms with van der Waals surface area (Å²) in [6.45, 7) is 0. The quantitative estimate of drug-likeness (QED) is 0.529. The van der Waals surface area contributed by atoms with E-state index >= 15 is 0 Å². The number of halogens is 1. The minimum atomic E-state index is -0.313. The Morgan fingerprint density at radius 1 is 1.23 bits per heavy atom. The Morgan fingerprint density at radius 2 is 2.08 bits per heavy atom. The largest absolute Gasteiger partial charge is 0.296 e. The second-order valence-electron chi connectivity index (χ2n) is 5.53. The lowest BCUT2D eigenvalue weighted by atomic mass is 10.1. The van der Waals surface area contributed by atoms with E-state index in [2.05, 4.69) is 20.5 Å². The predicted molar refractivity (Wildman–Crippen MR) is 101 cm³/mol. The van der Waals surface area contributed by atoms with Crippen LogP contribution < -0.4 is 5.32 Å². The number of anilines is 1. The molecule has 0 atom stereocenters. The van der Waals surface area contributed by atoms with E-state index in [0.717, 1.165) is 21.0 Å². The van der Waals surface area contributed by atoms with E-state index in [1.54, 1.807) is 35.7 Å². The smallest absolute Gasteiger partial charge is 0.277 e. The Labute approximate surface area is 156 Å². The molecule has 0 radical (unpaired) electrons. The van der Waals surface area contributed by atoms with Crippen molar-refractivity contribution >= 4 is 33.7 Å². The number of rotatable bonds is 5. The third-order valence-electron chi connectivity index (χ3n) is 3.66. The molecule has 2 N–H and O–H groups in total. The lowest BCUT2D eigenvalue weighted by Crippen LogP contribution is -2.11. The van der Waals surface area contributed by atoms with Crippen LogP contribution in [0, 0.1) is 5.82 Å². The maximum atomic E-state index is 13.0. The molecule has 0 fully saturated rings. The molecule has 8 heteroatoms. The van der Waals surface area contributed by atoms with E-state index in [1.165, 1.54) is 23.5 Å². The van der Waals surface area contributed by atoms with Gasteiger partial charge in [0, 0.05) is 17.5 Å². The summed E-state index contributed by atoms with van der Waals surface area (Å²) in [4.78, 5) is 18.6. The highest BCUT2D eigenvalue weighted by molar-refractivity contribution is 7.15. The van der Waals surface area contributed by atoms with Crippen LogP contribution in [0.15, 0.2) is 54.0 Å². The summed E-state index contributed by atoms with van der Waals surface area (Å²) in [5, 5.41) is 12.2. The van der Waals surface area contributed by atoms with E-state index in [-0.39, 0.29) is 11.7 Å². The first-order chi connectivity index (χ1) is 12.7. The first-order valence-electron chi connectivity index (χ1n) is 7.77. The number of aromatic amines is 1. The summed E-state index contributed by atoms with van der Waals surface area (Å²) in [6.07, 6.45) is 2.35. The van der Waals surface area contributed by atoms with Gasteiger partial charge in [0.2, 0.25) is 0 Å². The highest BCUT2D eigenvalue weighted by Crippen LogP contribution is 2.24. The normalized spacial score (nSPS) is 10.8. The van der Waals surface area contributed by atoms with E-state index in [1.807, 2.05) is 17.5 Å². The summed E-state index contributed by atoms with van der Waals surface area (Å²) in [5.41, 5.74) is 2.10. The molecular weight excluding hydrogens is 371 g/mol. The number of nitrogens with zero attached hydrogens (tertiary/aromatic N) is 2. The van der Waals surface area contributed by atoms with Crippen LogP contribution in [0.4, 0.5) is 9.52 Å². The monoisotopic (exact) mass is 384 g/mol. The second kappa shape index (κ2) is 7.19. The van der Waals surface area contributed by atoms with Crippen molar-refractivity contribution in [2.75, 3.05) is 5.32 Å². The van der Waals surface area contributed by atoms with E-state index in [9.17, 15) is 9.18 Å². The van der Waals surface area contributed by atoms with Crippen LogP contribution in [0.2, 0.25) is 0 Å². The van der Waals surface area contributed by atoms with Crippen LogP contribution in [0.5, 0.6) is 0 Å². The molecule has 4 rings (SSSR count). The molecule has 0 saturated carbocycles. The topological polar surface area (TPSA) is 70.7 Å². The van der Waals surface area contributed by atoms with Crippen molar-refractivity contribution < 1.29 is 9.18 Å². The average Bonchev–Trinajstić information content (AvgIpc) is 3.38. The van der Waals surface area contributed by atoms with Crippen molar-refractivity contribution in [2.24, 2.45) is 0 Å². The molecule has 26 heavy (non-hydrogen) atoms. The SMILES string of the molecule is O=C(Nc1ncc(Cc2ccc(F)cc2)s1)c1cc(-c2cccs2)[nH]n1. The van der Waals surface area contributed by atoms with E-state index in [0.29, 0.717) is 17.2 Å². The van der Waals surface area contributed by atoms with Gasteiger partial charge in [0.05, 0.1) is 10.6 Å². The number of thiophene rings is 1. The molecule has 0 aliphatic heterocycles. The van der Waals surface area contributed by atoms with Gasteiger partial charge in [0.15, 0.2) is 10.8 Å². The molecule has 4 aromatic rings. The lowest BCUT2D eigenvalue weighted by Gasteiger charge is -1.98. The Morgan fingerprint density at radius 3 is 2.85 bits per heavy atom. The standard InChI is InChI=1S/C18H13FN4OS2/c19-12-5-3-11(4-6-12)8-13-10-20-18(26-13)21-17(24)15-9-14(22-23-15)16-2-1-7-25-16/h1-7,9-10H,8H2,(H,22,23)(H,20,21,24). The van der Waals surface area contributed by atoms with Crippen molar-refractivity contribution in [3.8, 4) is 10.6 Å². The zero-order valence-electron chi connectivity index (χ0n) is 13.4. The van der Waals surface area contributed by atoms with Gasteiger partial charge in [-0.1, -0.05) is 18.2 Å². The molecule has 3 heterocycles. The Kier molecular flexibility index (Phi) is 4.59. The molecular formula is C18H13FN4OS2. The molecule has 1 aromatic carbocycles. The Hall–Kier alpha value is -2.84. The van der Waals surface area contributed by atoms with Crippen LogP contribution in [0.1, 0.15) is 20.9 Å². The lowest BCUT2D eigenvalue weighted by molar-refractivity contribution is 0.102. The molecule has 0 aliphatic rings. The van der Waals surface area contributed by atoms with Crippen molar-refractivity contribution in [3.63, 3.8) is 0 Å². The minimum absolute atomic E-state index is 0.257. The Bertz CT molecular complexity index is 1020. The number of thiazole rings is 1. The van der Waals surface area contributed by atoms with Crippen LogP contribution >= 0.6 is 22.7 Å². The average molecular weight is 384 g/mol. The predicted octanol–water partition coefficient (Wildman–Crippen LogP) is 4.58. The second-order valence-corrected chi connectivity index (χ2v) is 7.60. The van der Waals surface area contributed by atoms with Crippen molar-refractivity contribution in [1.82, 2.24) is 15.2 Å². The zero-order valence-corrected chi connectivity index (χ0v) is 15.0. The number of hydrogen-bond donors (Lipinski definition) is 2. The maximum absolute atomic E-state index is 13.0. The number of aromatic nitrogens is 3. The third kappa shape index (κ3) is 3.71. The molecule has 0 aliphatic carbocycles. The number of nitrogens with one attached hydrogen (secondary N) is 2. The molecule has 0 spiro atoms. The van der Waals surface area contributed by atoms with Gasteiger partial charge in [0.1, 0.15) is 5.82 Å². The maximum Gasteiger partial charge on any atom is 0.277 e. The first kappa shape index (κ1) is 16.6. The number of benzene rings is 1. The van der Waals surface area contributed by atoms with Gasteiger partial charge in [-0.3, -0.25) is 15.2 Å². The fourth-order valence-electron chi connectivity index (χ4n) is 2.41. The fourth-order valence-corrected chi connectivity index (χ4v) is 3.94. The van der Waals surface area contributed by atoms with E-state index < -0.39 is 0 Å². The summed E-state index contributed by atoms with van der Waals surface area (Å²) >= 11 is 2.96. The Balaban J connectivity index is 1.42. The van der Waals surface area contributed by atoms with Gasteiger partial charge in [-0.25, -0.2) is 9.37 Å². The van der Waals surface area contributed by atoms with Crippen LogP contribution in [0.25, 0.3) is 10.6 Å². The molecule has 0 bridgehead atoms. The van der Waals surface area contributed by atoms with Crippen molar-refractivity contribution in [3.05, 3.63) is 76.0 Å². The van der Waals surface area contributed by atoms with Gasteiger partial charge >= 0.3 is 0 Å². The molecule has 0 unspecified atom stereocenters. The molecule has 130 valence electrons. The summed E-state index contributed by atoms with van der Waals surface area (Å²) in [6, 6.07) is 12.0. The molecule has 1 amide bonds. The number of amides is 1. The molecule has 0 saturated heterocycles. The highest BCUT2D eigenvalue weighted by Gasteiger charge is 2.14. The number of carbonyl (C=O) groups is 1. The van der Waals surface area contributed by atoms with Crippen LogP contribution in [-0.2, 0) is 6.42 Å². The third-order valence-corrected chi connectivity index (χ3v) is 5.48. The van der Waals surface area contributed by atoms with Gasteiger partial charge < -0.3 is 0 Å². The van der Waals surface area contributed by atoms with Crippen molar-refractivity contribution in [2.45, 2.75) is 6.42 Å². The van der Waals surface area contributed by atoms with Gasteiger partial charge in [-0.05, 0) is 35.2 Å². The first-order valence-corrected chi connectivity index (χ1v) is 9.47. The number of H-pyrrole nitrogens is 1. The molecule has 3 aromatic heterocycles.